The van der Waals surface area contributed by atoms with Crippen LogP contribution in [0.2, 0.25) is 0 Å². The van der Waals surface area contributed by atoms with Crippen molar-refractivity contribution in [2.24, 2.45) is 0 Å². The van der Waals surface area contributed by atoms with E-state index in [1.807, 2.05) is 18.2 Å². The van der Waals surface area contributed by atoms with Crippen molar-refractivity contribution in [3.8, 4) is 0 Å². The van der Waals surface area contributed by atoms with Gasteiger partial charge in [0.05, 0.1) is 0 Å². The van der Waals surface area contributed by atoms with E-state index in [0.29, 0.717) is 18.2 Å². The summed E-state index contributed by atoms with van der Waals surface area (Å²) in [7, 11) is 0. The summed E-state index contributed by atoms with van der Waals surface area (Å²) in [5.74, 6) is 0. The van der Waals surface area contributed by atoms with Gasteiger partial charge in [0.15, 0.2) is 0 Å². The molecule has 2 heterocycles. The number of fused-ring (bicyclic) bond motifs is 1. The number of carbonyl (C=O) groups excluding carboxylic acids is 1. The molecule has 0 radical (unpaired) electrons. The lowest BCUT2D eigenvalue weighted by atomic mass is 9.96. The van der Waals surface area contributed by atoms with E-state index < -0.39 is 0 Å². The number of nitrogens with one attached hydrogen (secondary N) is 2. The second-order valence-corrected chi connectivity index (χ2v) is 9.15. The number of nitrogens with zero attached hydrogens (tertiary/aromatic N) is 1. The molecule has 0 unspecified atom stereocenters. The van der Waals surface area contributed by atoms with Gasteiger partial charge >= 0.3 is 11.7 Å². The minimum absolute atomic E-state index is 0.0208. The van der Waals surface area contributed by atoms with E-state index in [2.05, 4.69) is 31.5 Å². The van der Waals surface area contributed by atoms with Gasteiger partial charge in [-0.05, 0) is 49.4 Å². The number of likely N-dealkylation sites (tertiary alicyclic amines) is 1. The Morgan fingerprint density at radius 3 is 2.45 bits per heavy atom. The van der Waals surface area contributed by atoms with Crippen molar-refractivity contribution in [2.45, 2.75) is 63.6 Å². The molecule has 2 fully saturated rings. The predicted molar refractivity (Wildman–Crippen MR) is 117 cm³/mol. The molecule has 7 heteroatoms. The molecular weight excluding hydrogens is 434 g/mol. The average Bonchev–Trinajstić information content (AvgIpc) is 2.69. The van der Waals surface area contributed by atoms with Gasteiger partial charge in [0.25, 0.3) is 0 Å². The zero-order valence-corrected chi connectivity index (χ0v) is 18.2. The third-order valence-corrected chi connectivity index (χ3v) is 6.54. The fraction of sp³-hybridized carbons (Fsp3) is 0.545. The summed E-state index contributed by atoms with van der Waals surface area (Å²) in [5, 5.41) is 7.26. The van der Waals surface area contributed by atoms with E-state index in [9.17, 15) is 9.59 Å². The highest BCUT2D eigenvalue weighted by atomic mass is 79.9. The number of hydrogen-bond acceptors (Lipinski definition) is 4. The lowest BCUT2D eigenvalue weighted by Crippen LogP contribution is -2.50. The second kappa shape index (κ2) is 9.30. The third kappa shape index (κ3) is 5.39. The molecule has 2 aromatic rings. The number of hydrogen-bond donors (Lipinski definition) is 2. The topological polar surface area (TPSA) is 74.6 Å². The SMILES string of the molecule is O=C(NC1CCCCC1)NC1CCN(Cc2cc(=O)oc3cc(Br)ccc23)CC1. The highest BCUT2D eigenvalue weighted by Gasteiger charge is 2.23. The highest BCUT2D eigenvalue weighted by molar-refractivity contribution is 9.10. The van der Waals surface area contributed by atoms with Gasteiger partial charge in [-0.25, -0.2) is 9.59 Å². The van der Waals surface area contributed by atoms with E-state index in [4.69, 9.17) is 4.42 Å². The van der Waals surface area contributed by atoms with Gasteiger partial charge in [-0.1, -0.05) is 35.2 Å². The molecule has 1 saturated heterocycles. The van der Waals surface area contributed by atoms with Crippen LogP contribution in [0.3, 0.4) is 0 Å². The molecular formula is C22H28BrN3O3. The van der Waals surface area contributed by atoms with Crippen LogP contribution < -0.4 is 16.3 Å². The molecule has 2 N–H and O–H groups in total. The number of rotatable bonds is 4. The first-order valence-corrected chi connectivity index (χ1v) is 11.4. The van der Waals surface area contributed by atoms with E-state index >= 15 is 0 Å². The first-order chi connectivity index (χ1) is 14.1. The number of piperidine rings is 1. The Balaban J connectivity index is 1.30. The lowest BCUT2D eigenvalue weighted by molar-refractivity contribution is 0.185. The van der Waals surface area contributed by atoms with Crippen molar-refractivity contribution in [3.05, 3.63) is 44.7 Å². The van der Waals surface area contributed by atoms with Crippen molar-refractivity contribution in [1.82, 2.24) is 15.5 Å². The Labute approximate surface area is 179 Å². The molecule has 6 nitrogen and oxygen atoms in total. The molecule has 0 atom stereocenters. The van der Waals surface area contributed by atoms with Gasteiger partial charge in [-0.15, -0.1) is 0 Å². The quantitative estimate of drug-likeness (QED) is 0.670. The van der Waals surface area contributed by atoms with Crippen molar-refractivity contribution in [1.29, 1.82) is 0 Å². The zero-order chi connectivity index (χ0) is 20.2. The number of benzene rings is 1. The van der Waals surface area contributed by atoms with Gasteiger partial charge < -0.3 is 15.1 Å². The average molecular weight is 462 g/mol. The number of halogens is 1. The van der Waals surface area contributed by atoms with Crippen LogP contribution in [0, 0.1) is 0 Å². The van der Waals surface area contributed by atoms with Crippen molar-refractivity contribution < 1.29 is 9.21 Å². The maximum Gasteiger partial charge on any atom is 0.336 e. The molecule has 0 spiro atoms. The highest BCUT2D eigenvalue weighted by Crippen LogP contribution is 2.24. The first-order valence-electron chi connectivity index (χ1n) is 10.6. The minimum Gasteiger partial charge on any atom is -0.423 e. The van der Waals surface area contributed by atoms with Crippen LogP contribution in [0.25, 0.3) is 11.0 Å². The molecule has 1 aromatic heterocycles. The van der Waals surface area contributed by atoms with Crippen LogP contribution in [-0.4, -0.2) is 36.1 Å². The number of amides is 2. The zero-order valence-electron chi connectivity index (χ0n) is 16.6. The van der Waals surface area contributed by atoms with Crippen LogP contribution >= 0.6 is 15.9 Å². The van der Waals surface area contributed by atoms with Crippen LogP contribution in [0.5, 0.6) is 0 Å². The molecule has 1 aliphatic carbocycles. The standard InChI is InChI=1S/C22H28BrN3O3/c23-16-6-7-19-15(12-21(27)29-20(19)13-16)14-26-10-8-18(9-11-26)25-22(28)24-17-4-2-1-3-5-17/h6-7,12-13,17-18H,1-5,8-11,14H2,(H2,24,25,28). The second-order valence-electron chi connectivity index (χ2n) is 8.23. The molecule has 29 heavy (non-hydrogen) atoms. The molecule has 0 bridgehead atoms. The Kier molecular flexibility index (Phi) is 6.55. The van der Waals surface area contributed by atoms with E-state index in [1.165, 1.54) is 19.3 Å². The fourth-order valence-corrected chi connectivity index (χ4v) is 4.81. The maximum atomic E-state index is 12.3. The van der Waals surface area contributed by atoms with Gasteiger partial charge in [0.1, 0.15) is 5.58 Å². The normalized spacial score (nSPS) is 19.3. The Morgan fingerprint density at radius 2 is 1.72 bits per heavy atom. The monoisotopic (exact) mass is 461 g/mol. The minimum atomic E-state index is -0.318. The van der Waals surface area contributed by atoms with Crippen molar-refractivity contribution in [3.63, 3.8) is 0 Å². The first kappa shape index (κ1) is 20.4. The van der Waals surface area contributed by atoms with Crippen LogP contribution in [-0.2, 0) is 6.54 Å². The molecule has 2 aliphatic rings. The predicted octanol–water partition coefficient (Wildman–Crippen LogP) is 4.15. The smallest absolute Gasteiger partial charge is 0.336 e. The van der Waals surface area contributed by atoms with E-state index in [0.717, 1.165) is 54.2 Å². The van der Waals surface area contributed by atoms with Gasteiger partial charge in [0.2, 0.25) is 0 Å². The molecule has 4 rings (SSSR count). The van der Waals surface area contributed by atoms with Gasteiger partial charge in [-0.2, -0.15) is 0 Å². The molecule has 1 aliphatic heterocycles. The van der Waals surface area contributed by atoms with Crippen LogP contribution in [0.1, 0.15) is 50.5 Å². The largest absolute Gasteiger partial charge is 0.423 e. The van der Waals surface area contributed by atoms with E-state index in [-0.39, 0.29) is 17.7 Å². The molecule has 1 saturated carbocycles. The summed E-state index contributed by atoms with van der Waals surface area (Å²) in [6.45, 7) is 2.50. The Morgan fingerprint density at radius 1 is 1.03 bits per heavy atom. The molecule has 156 valence electrons. The number of urea groups is 1. The summed E-state index contributed by atoms with van der Waals surface area (Å²) < 4.78 is 6.23. The van der Waals surface area contributed by atoms with Crippen LogP contribution in [0.4, 0.5) is 4.79 Å². The third-order valence-electron chi connectivity index (χ3n) is 6.05. The Bertz CT molecular complexity index is 915. The summed E-state index contributed by atoms with van der Waals surface area (Å²) >= 11 is 3.43. The summed E-state index contributed by atoms with van der Waals surface area (Å²) in [4.78, 5) is 26.6. The maximum absolute atomic E-state index is 12.3. The number of carbonyl (C=O) groups is 1. The Hall–Kier alpha value is -1.86. The fourth-order valence-electron chi connectivity index (χ4n) is 4.47. The van der Waals surface area contributed by atoms with Gasteiger partial charge in [-0.3, -0.25) is 4.90 Å². The summed E-state index contributed by atoms with van der Waals surface area (Å²) in [6.07, 6.45) is 7.75. The molecule has 2 amide bonds. The van der Waals surface area contributed by atoms with Crippen LogP contribution in [0.15, 0.2) is 37.9 Å². The van der Waals surface area contributed by atoms with Crippen molar-refractivity contribution in [2.75, 3.05) is 13.1 Å². The summed E-state index contributed by atoms with van der Waals surface area (Å²) in [6, 6.07) is 7.91. The summed E-state index contributed by atoms with van der Waals surface area (Å²) in [5.41, 5.74) is 1.28. The van der Waals surface area contributed by atoms with E-state index in [1.54, 1.807) is 6.07 Å². The molecule has 1 aromatic carbocycles. The van der Waals surface area contributed by atoms with Gasteiger partial charge in [0, 0.05) is 47.6 Å². The lowest BCUT2D eigenvalue weighted by Gasteiger charge is -2.33. The van der Waals surface area contributed by atoms with Crippen molar-refractivity contribution >= 4 is 32.9 Å².